The van der Waals surface area contributed by atoms with Gasteiger partial charge in [-0.3, -0.25) is 19.7 Å². The van der Waals surface area contributed by atoms with Crippen molar-refractivity contribution in [3.63, 3.8) is 0 Å². The highest BCUT2D eigenvalue weighted by molar-refractivity contribution is 5.71. The fourth-order valence-electron chi connectivity index (χ4n) is 6.36. The van der Waals surface area contributed by atoms with Gasteiger partial charge >= 0.3 is 12.3 Å². The number of hydrogen-bond donors (Lipinski definition) is 2. The van der Waals surface area contributed by atoms with E-state index in [1.54, 1.807) is 18.2 Å². The van der Waals surface area contributed by atoms with Crippen LogP contribution in [0, 0.1) is 11.8 Å². The SMILES string of the molecule is COc1ccccc1C(N[C@H]1[C@H]2CCN(C[C@@H]2C(=O)O)[C@H]1C(c1ccccc1)c1ccccc1)OC(F)(F)F. The van der Waals surface area contributed by atoms with Crippen LogP contribution in [0.3, 0.4) is 0 Å². The number of carboxylic acid groups (broad SMARTS) is 1. The highest BCUT2D eigenvalue weighted by Crippen LogP contribution is 2.46. The summed E-state index contributed by atoms with van der Waals surface area (Å²) in [6, 6.07) is 25.1. The van der Waals surface area contributed by atoms with Gasteiger partial charge in [-0.25, -0.2) is 0 Å². The summed E-state index contributed by atoms with van der Waals surface area (Å²) in [6.45, 7) is 0.991. The first-order valence-corrected chi connectivity index (χ1v) is 13.0. The molecule has 0 aromatic heterocycles. The Hall–Kier alpha value is -3.40. The Labute approximate surface area is 225 Å². The Morgan fingerprint density at radius 2 is 1.56 bits per heavy atom. The number of fused-ring (bicyclic) bond motifs is 3. The number of ether oxygens (including phenoxy) is 2. The maximum Gasteiger partial charge on any atom is 0.524 e. The second kappa shape index (κ2) is 11.4. The highest BCUT2D eigenvalue weighted by Gasteiger charge is 2.53. The first-order valence-electron chi connectivity index (χ1n) is 13.0. The fourth-order valence-corrected chi connectivity index (χ4v) is 6.36. The summed E-state index contributed by atoms with van der Waals surface area (Å²) < 4.78 is 51.3. The first-order chi connectivity index (χ1) is 18.8. The molecule has 3 fully saturated rings. The van der Waals surface area contributed by atoms with Gasteiger partial charge in [-0.15, -0.1) is 13.2 Å². The van der Waals surface area contributed by atoms with E-state index in [9.17, 15) is 23.1 Å². The Morgan fingerprint density at radius 1 is 0.974 bits per heavy atom. The van der Waals surface area contributed by atoms with E-state index < -0.39 is 36.4 Å². The maximum atomic E-state index is 13.8. The summed E-state index contributed by atoms with van der Waals surface area (Å²) in [5.74, 6) is -2.04. The Bertz CT molecular complexity index is 1220. The minimum Gasteiger partial charge on any atom is -0.496 e. The van der Waals surface area contributed by atoms with Crippen molar-refractivity contribution in [3.8, 4) is 5.75 Å². The normalized spacial score (nSPS) is 25.4. The molecule has 2 unspecified atom stereocenters. The van der Waals surface area contributed by atoms with Crippen LogP contribution in [0.15, 0.2) is 84.9 Å². The molecule has 3 heterocycles. The summed E-state index contributed by atoms with van der Waals surface area (Å²) in [7, 11) is 1.39. The number of rotatable bonds is 9. The number of halogens is 3. The monoisotopic (exact) mass is 540 g/mol. The van der Waals surface area contributed by atoms with E-state index in [2.05, 4.69) is 15.0 Å². The lowest BCUT2D eigenvalue weighted by atomic mass is 9.66. The number of piperidine rings is 3. The van der Waals surface area contributed by atoms with E-state index in [1.165, 1.54) is 13.2 Å². The van der Waals surface area contributed by atoms with Gasteiger partial charge < -0.3 is 9.84 Å². The van der Waals surface area contributed by atoms with Gasteiger partial charge in [0.25, 0.3) is 0 Å². The van der Waals surface area contributed by atoms with Gasteiger partial charge in [0.05, 0.1) is 13.0 Å². The number of nitrogens with zero attached hydrogens (tertiary/aromatic N) is 1. The molecule has 0 aliphatic carbocycles. The number of carboxylic acids is 1. The van der Waals surface area contributed by atoms with Crippen LogP contribution in [0.2, 0.25) is 0 Å². The van der Waals surface area contributed by atoms with Crippen molar-refractivity contribution in [3.05, 3.63) is 102 Å². The van der Waals surface area contributed by atoms with Crippen LogP contribution in [0.1, 0.15) is 35.3 Å². The molecule has 39 heavy (non-hydrogen) atoms. The molecule has 0 spiro atoms. The van der Waals surface area contributed by atoms with Gasteiger partial charge in [0.15, 0.2) is 0 Å². The molecule has 6 atom stereocenters. The third-order valence-corrected chi connectivity index (χ3v) is 7.94. The number of aliphatic carboxylic acids is 1. The van der Waals surface area contributed by atoms with Crippen molar-refractivity contribution in [2.45, 2.75) is 37.0 Å². The summed E-state index contributed by atoms with van der Waals surface area (Å²) in [5, 5.41) is 13.2. The zero-order valence-corrected chi connectivity index (χ0v) is 21.4. The van der Waals surface area contributed by atoms with E-state index in [0.29, 0.717) is 19.5 Å². The lowest BCUT2D eigenvalue weighted by molar-refractivity contribution is -0.351. The highest BCUT2D eigenvalue weighted by atomic mass is 19.4. The van der Waals surface area contributed by atoms with Crippen LogP contribution in [0.5, 0.6) is 5.75 Å². The third kappa shape index (κ3) is 5.80. The van der Waals surface area contributed by atoms with Crippen LogP contribution in [0.25, 0.3) is 0 Å². The molecular weight excluding hydrogens is 509 g/mol. The predicted molar refractivity (Wildman–Crippen MR) is 139 cm³/mol. The van der Waals surface area contributed by atoms with Gasteiger partial charge in [0, 0.05) is 30.1 Å². The van der Waals surface area contributed by atoms with Crippen LogP contribution in [-0.4, -0.2) is 54.6 Å². The van der Waals surface area contributed by atoms with Crippen molar-refractivity contribution in [1.29, 1.82) is 0 Å². The summed E-state index contributed by atoms with van der Waals surface area (Å²) >= 11 is 0. The molecule has 2 bridgehead atoms. The van der Waals surface area contributed by atoms with Gasteiger partial charge in [0.2, 0.25) is 0 Å². The smallest absolute Gasteiger partial charge is 0.496 e. The number of benzene rings is 3. The molecule has 2 N–H and O–H groups in total. The van der Waals surface area contributed by atoms with E-state index in [0.717, 1.165) is 11.1 Å². The minimum atomic E-state index is -4.94. The van der Waals surface area contributed by atoms with Gasteiger partial charge in [0.1, 0.15) is 12.0 Å². The van der Waals surface area contributed by atoms with Crippen LogP contribution >= 0.6 is 0 Å². The van der Waals surface area contributed by atoms with Crippen molar-refractivity contribution >= 4 is 5.97 Å². The minimum absolute atomic E-state index is 0.190. The predicted octanol–water partition coefficient (Wildman–Crippen LogP) is 5.43. The molecular formula is C30H31F3N2O4. The molecule has 9 heteroatoms. The van der Waals surface area contributed by atoms with Crippen LogP contribution in [-0.2, 0) is 9.53 Å². The van der Waals surface area contributed by atoms with Gasteiger partial charge in [-0.05, 0) is 36.1 Å². The van der Waals surface area contributed by atoms with Crippen molar-refractivity contribution < 1.29 is 32.5 Å². The quantitative estimate of drug-likeness (QED) is 0.353. The number of carbonyl (C=O) groups is 1. The second-order valence-corrected chi connectivity index (χ2v) is 10.1. The largest absolute Gasteiger partial charge is 0.524 e. The third-order valence-electron chi connectivity index (χ3n) is 7.94. The van der Waals surface area contributed by atoms with Crippen molar-refractivity contribution in [1.82, 2.24) is 10.2 Å². The average molecular weight is 541 g/mol. The summed E-state index contributed by atoms with van der Waals surface area (Å²) in [4.78, 5) is 14.4. The Kier molecular flexibility index (Phi) is 7.93. The topological polar surface area (TPSA) is 71.0 Å². The van der Waals surface area contributed by atoms with Crippen molar-refractivity contribution in [2.75, 3.05) is 20.2 Å². The maximum absolute atomic E-state index is 13.8. The lowest BCUT2D eigenvalue weighted by Gasteiger charge is -2.56. The summed E-state index contributed by atoms with van der Waals surface area (Å²) in [6.07, 6.45) is -5.99. The molecule has 0 amide bonds. The number of alkyl halides is 3. The van der Waals surface area contributed by atoms with E-state index >= 15 is 0 Å². The van der Waals surface area contributed by atoms with Crippen molar-refractivity contribution in [2.24, 2.45) is 11.8 Å². The molecule has 3 aromatic rings. The fraction of sp³-hybridized carbons (Fsp3) is 0.367. The molecule has 3 aliphatic heterocycles. The molecule has 6 rings (SSSR count). The van der Waals surface area contributed by atoms with Crippen LogP contribution < -0.4 is 10.1 Å². The second-order valence-electron chi connectivity index (χ2n) is 10.1. The van der Waals surface area contributed by atoms with Crippen LogP contribution in [0.4, 0.5) is 13.2 Å². The summed E-state index contributed by atoms with van der Waals surface area (Å²) in [5.41, 5.74) is 2.20. The molecule has 0 radical (unpaired) electrons. The standard InChI is InChI=1S/C30H31F3N2O4/c1-38-24-15-9-8-14-22(24)28(39-30(31,32)33)34-26-21-16-17-35(18-23(21)29(36)37)27(26)25(19-10-4-2-5-11-19)20-12-6-3-7-13-20/h2-15,21,23,25-28,34H,16-18H2,1H3,(H,36,37)/t21-,23-,26-,27-,28?/m0/s1. The van der Waals surface area contributed by atoms with Gasteiger partial charge in [-0.1, -0.05) is 78.9 Å². The van der Waals surface area contributed by atoms with E-state index in [4.69, 9.17) is 4.74 Å². The van der Waals surface area contributed by atoms with Gasteiger partial charge in [-0.2, -0.15) is 0 Å². The van der Waals surface area contributed by atoms with E-state index in [1.807, 2.05) is 60.7 Å². The molecule has 206 valence electrons. The molecule has 6 nitrogen and oxygen atoms in total. The first kappa shape index (κ1) is 27.2. The zero-order chi connectivity index (χ0) is 27.6. The molecule has 3 aliphatic rings. The number of methoxy groups -OCH3 is 1. The lowest BCUT2D eigenvalue weighted by Crippen LogP contribution is -2.69. The molecule has 0 saturated carbocycles. The van der Waals surface area contributed by atoms with E-state index in [-0.39, 0.29) is 23.3 Å². The molecule has 3 saturated heterocycles. The Morgan fingerprint density at radius 3 is 2.13 bits per heavy atom. The number of nitrogens with one attached hydrogen (secondary N) is 1. The number of hydrogen-bond acceptors (Lipinski definition) is 5. The average Bonchev–Trinajstić information content (AvgIpc) is 2.94. The number of para-hydroxylation sites is 1. The zero-order valence-electron chi connectivity index (χ0n) is 21.4. The molecule has 3 aromatic carbocycles. The Balaban J connectivity index is 1.62.